The van der Waals surface area contributed by atoms with E-state index in [4.69, 9.17) is 9.68 Å². The number of para-hydroxylation sites is 2. The summed E-state index contributed by atoms with van der Waals surface area (Å²) in [5.41, 5.74) is 7.44. The summed E-state index contributed by atoms with van der Waals surface area (Å²) in [7, 11) is 0. The quantitative estimate of drug-likeness (QED) is 0.281. The number of benzene rings is 4. The summed E-state index contributed by atoms with van der Waals surface area (Å²) in [5.74, 6) is 0. The van der Waals surface area contributed by atoms with Crippen LogP contribution in [-0.2, 0) is 0 Å². The van der Waals surface area contributed by atoms with Crippen LogP contribution < -0.4 is 0 Å². The van der Waals surface area contributed by atoms with Gasteiger partial charge in [-0.2, -0.15) is 5.26 Å². The third-order valence-corrected chi connectivity index (χ3v) is 6.46. The third kappa shape index (κ3) is 2.68. The summed E-state index contributed by atoms with van der Waals surface area (Å²) in [6.45, 7) is 0. The first-order chi connectivity index (χ1) is 16.8. The van der Waals surface area contributed by atoms with Gasteiger partial charge in [-0.25, -0.2) is 0 Å². The Kier molecular flexibility index (Phi) is 3.88. The molecule has 7 rings (SSSR count). The van der Waals surface area contributed by atoms with Crippen molar-refractivity contribution >= 4 is 43.7 Å². The van der Waals surface area contributed by atoms with Crippen molar-refractivity contribution in [2.45, 2.75) is 0 Å². The molecule has 4 aromatic carbocycles. The molecule has 7 aromatic rings. The van der Waals surface area contributed by atoms with Crippen molar-refractivity contribution in [1.29, 1.82) is 5.26 Å². The molecule has 0 radical (unpaired) electrons. The molecule has 0 saturated heterocycles. The van der Waals surface area contributed by atoms with Crippen molar-refractivity contribution in [3.8, 4) is 23.0 Å². The smallest absolute Gasteiger partial charge is 0.137 e. The van der Waals surface area contributed by atoms with Crippen LogP contribution in [0.5, 0.6) is 0 Å². The van der Waals surface area contributed by atoms with Gasteiger partial charge in [0, 0.05) is 45.1 Å². The van der Waals surface area contributed by atoms with Gasteiger partial charge in [0.1, 0.15) is 17.2 Å². The Morgan fingerprint density at radius 3 is 2.38 bits per heavy atom. The van der Waals surface area contributed by atoms with E-state index >= 15 is 0 Å². The molecule has 3 aromatic heterocycles. The Morgan fingerprint density at radius 2 is 1.53 bits per heavy atom. The van der Waals surface area contributed by atoms with E-state index in [1.165, 1.54) is 10.8 Å². The average molecular weight is 435 g/mol. The summed E-state index contributed by atoms with van der Waals surface area (Å²) in [4.78, 5) is 4.49. The van der Waals surface area contributed by atoms with Gasteiger partial charge in [-0.15, -0.1) is 0 Å². The van der Waals surface area contributed by atoms with Gasteiger partial charge in [-0.05, 0) is 42.5 Å². The fraction of sp³-hybridized carbons (Fsp3) is 0. The van der Waals surface area contributed by atoms with Gasteiger partial charge in [-0.1, -0.05) is 48.5 Å². The van der Waals surface area contributed by atoms with E-state index in [2.05, 4.69) is 70.2 Å². The lowest BCUT2D eigenvalue weighted by Gasteiger charge is -2.10. The molecule has 0 fully saturated rings. The molecule has 0 spiro atoms. The number of furan rings is 1. The topological polar surface area (TPSA) is 54.8 Å². The fourth-order valence-electron chi connectivity index (χ4n) is 4.90. The second-order valence-corrected chi connectivity index (χ2v) is 8.41. The molecule has 0 atom stereocenters. The van der Waals surface area contributed by atoms with Gasteiger partial charge in [0.25, 0.3) is 0 Å². The zero-order valence-electron chi connectivity index (χ0n) is 18.1. The second-order valence-electron chi connectivity index (χ2n) is 8.41. The van der Waals surface area contributed by atoms with Crippen molar-refractivity contribution < 1.29 is 4.42 Å². The molecular weight excluding hydrogens is 418 g/mol. The van der Waals surface area contributed by atoms with E-state index in [9.17, 15) is 0 Å². The van der Waals surface area contributed by atoms with E-state index in [1.54, 1.807) is 12.3 Å². The average Bonchev–Trinajstić information content (AvgIpc) is 3.42. The number of fused-ring (bicyclic) bond motifs is 6. The Balaban J connectivity index is 1.52. The highest BCUT2D eigenvalue weighted by Crippen LogP contribution is 2.38. The summed E-state index contributed by atoms with van der Waals surface area (Å²) >= 11 is 0. The van der Waals surface area contributed by atoms with E-state index in [0.29, 0.717) is 5.56 Å². The number of hydrogen-bond donors (Lipinski definition) is 0. The number of aromatic nitrogens is 2. The molecule has 0 N–H and O–H groups in total. The molecular formula is C30H17N3O. The summed E-state index contributed by atoms with van der Waals surface area (Å²) < 4.78 is 8.49. The van der Waals surface area contributed by atoms with Crippen LogP contribution in [0, 0.1) is 11.3 Å². The number of pyridine rings is 1. The fourth-order valence-corrected chi connectivity index (χ4v) is 4.90. The molecule has 4 nitrogen and oxygen atoms in total. The molecule has 0 amide bonds. The van der Waals surface area contributed by atoms with Crippen molar-refractivity contribution in [1.82, 2.24) is 9.55 Å². The lowest BCUT2D eigenvalue weighted by atomic mass is 10.1. The van der Waals surface area contributed by atoms with Crippen LogP contribution in [0.1, 0.15) is 5.56 Å². The Bertz CT molecular complexity index is 1920. The van der Waals surface area contributed by atoms with Gasteiger partial charge in [-0.3, -0.25) is 4.98 Å². The minimum atomic E-state index is 0.553. The highest BCUT2D eigenvalue weighted by molar-refractivity contribution is 6.17. The highest BCUT2D eigenvalue weighted by atomic mass is 16.3. The molecule has 0 saturated carbocycles. The lowest BCUT2D eigenvalue weighted by molar-refractivity contribution is 0.669. The van der Waals surface area contributed by atoms with Gasteiger partial charge in [0.15, 0.2) is 0 Å². The second kappa shape index (κ2) is 7.06. The molecule has 0 bridgehead atoms. The van der Waals surface area contributed by atoms with Gasteiger partial charge < -0.3 is 8.98 Å². The first-order valence-corrected chi connectivity index (χ1v) is 11.1. The van der Waals surface area contributed by atoms with E-state index in [0.717, 1.165) is 49.9 Å². The molecule has 0 aliphatic heterocycles. The van der Waals surface area contributed by atoms with Crippen molar-refractivity contribution in [3.05, 3.63) is 109 Å². The van der Waals surface area contributed by atoms with Crippen LogP contribution in [0.3, 0.4) is 0 Å². The summed E-state index contributed by atoms with van der Waals surface area (Å²) in [6.07, 6.45) is 1.61. The van der Waals surface area contributed by atoms with Crippen molar-refractivity contribution in [3.63, 3.8) is 0 Å². The molecule has 34 heavy (non-hydrogen) atoms. The molecule has 0 aliphatic rings. The van der Waals surface area contributed by atoms with Crippen LogP contribution >= 0.6 is 0 Å². The molecule has 0 unspecified atom stereocenters. The highest BCUT2D eigenvalue weighted by Gasteiger charge is 2.16. The van der Waals surface area contributed by atoms with E-state index < -0.39 is 0 Å². The van der Waals surface area contributed by atoms with Crippen LogP contribution in [0.4, 0.5) is 0 Å². The Labute approximate surface area is 194 Å². The molecule has 158 valence electrons. The number of hydrogen-bond acceptors (Lipinski definition) is 3. The molecule has 4 heteroatoms. The summed E-state index contributed by atoms with van der Waals surface area (Å²) in [5, 5.41) is 13.7. The third-order valence-electron chi connectivity index (χ3n) is 6.46. The predicted molar refractivity (Wildman–Crippen MR) is 136 cm³/mol. The number of nitrogens with zero attached hydrogens (tertiary/aromatic N) is 3. The van der Waals surface area contributed by atoms with Crippen LogP contribution in [0.25, 0.3) is 60.7 Å². The minimum absolute atomic E-state index is 0.553. The van der Waals surface area contributed by atoms with Crippen molar-refractivity contribution in [2.24, 2.45) is 0 Å². The van der Waals surface area contributed by atoms with Gasteiger partial charge >= 0.3 is 0 Å². The Hall–Kier alpha value is -4.88. The number of rotatable bonds is 2. The van der Waals surface area contributed by atoms with Crippen molar-refractivity contribution in [2.75, 3.05) is 0 Å². The number of nitriles is 1. The zero-order chi connectivity index (χ0) is 22.6. The Morgan fingerprint density at radius 1 is 0.676 bits per heavy atom. The van der Waals surface area contributed by atoms with Gasteiger partial charge in [0.2, 0.25) is 0 Å². The van der Waals surface area contributed by atoms with Gasteiger partial charge in [0.05, 0.1) is 22.3 Å². The van der Waals surface area contributed by atoms with Crippen LogP contribution in [0.2, 0.25) is 0 Å². The van der Waals surface area contributed by atoms with Crippen LogP contribution in [-0.4, -0.2) is 9.55 Å². The van der Waals surface area contributed by atoms with E-state index in [1.807, 2.05) is 36.4 Å². The summed E-state index contributed by atoms with van der Waals surface area (Å²) in [6, 6.07) is 35.2. The standard InChI is InChI=1S/C30H17N3O/c31-17-19-12-13-26(32-18-19)20-6-5-7-21(14-20)33-27-10-3-1-8-22(27)24-15-25-23-9-2-4-11-29(23)34-30(25)16-28(24)33/h1-16,18H. The maximum atomic E-state index is 9.09. The minimum Gasteiger partial charge on any atom is -0.456 e. The SMILES string of the molecule is N#Cc1ccc(-c2cccc(-n3c4ccccc4c4cc5c(cc43)oc3ccccc35)c2)nc1. The normalized spacial score (nSPS) is 11.5. The first-order valence-electron chi connectivity index (χ1n) is 11.1. The lowest BCUT2D eigenvalue weighted by Crippen LogP contribution is -1.94. The molecule has 0 aliphatic carbocycles. The zero-order valence-corrected chi connectivity index (χ0v) is 18.1. The molecule has 3 heterocycles. The maximum absolute atomic E-state index is 9.09. The maximum Gasteiger partial charge on any atom is 0.137 e. The van der Waals surface area contributed by atoms with E-state index in [-0.39, 0.29) is 0 Å². The van der Waals surface area contributed by atoms with Crippen LogP contribution in [0.15, 0.2) is 108 Å². The largest absolute Gasteiger partial charge is 0.456 e. The predicted octanol–water partition coefficient (Wildman–Crippen LogP) is 7.62. The first kappa shape index (κ1) is 18.7. The monoisotopic (exact) mass is 435 g/mol.